The van der Waals surface area contributed by atoms with Gasteiger partial charge < -0.3 is 4.74 Å². The number of hydrogen-bond acceptors (Lipinski definition) is 2. The van der Waals surface area contributed by atoms with Crippen LogP contribution in [0.5, 0.6) is 0 Å². The highest BCUT2D eigenvalue weighted by atomic mass is 16.6. The molecular formula is C20H34O2. The van der Waals surface area contributed by atoms with Gasteiger partial charge in [-0.05, 0) is 82.5 Å². The van der Waals surface area contributed by atoms with E-state index < -0.39 is 0 Å². The third-order valence-corrected chi connectivity index (χ3v) is 8.13. The van der Waals surface area contributed by atoms with Gasteiger partial charge in [0.15, 0.2) is 0 Å². The number of rotatable bonds is 3. The zero-order chi connectivity index (χ0) is 16.3. The lowest BCUT2D eigenvalue weighted by atomic mass is 9.64. The topological polar surface area (TPSA) is 26.3 Å². The van der Waals surface area contributed by atoms with Crippen molar-refractivity contribution in [1.82, 2.24) is 0 Å². The lowest BCUT2D eigenvalue weighted by Crippen LogP contribution is -2.47. The zero-order valence-corrected chi connectivity index (χ0v) is 15.4. The van der Waals surface area contributed by atoms with Crippen LogP contribution in [0.2, 0.25) is 0 Å². The first-order chi connectivity index (χ1) is 10.2. The van der Waals surface area contributed by atoms with Crippen molar-refractivity contribution in [2.75, 3.05) is 0 Å². The van der Waals surface area contributed by atoms with Crippen LogP contribution in [0.25, 0.3) is 0 Å². The van der Waals surface area contributed by atoms with Crippen LogP contribution in [0.1, 0.15) is 80.1 Å². The number of fused-ring (bicyclic) bond motifs is 1. The third kappa shape index (κ3) is 2.08. The van der Waals surface area contributed by atoms with Crippen molar-refractivity contribution >= 4 is 5.97 Å². The molecule has 3 rings (SSSR count). The Morgan fingerprint density at radius 2 is 1.86 bits per heavy atom. The monoisotopic (exact) mass is 306 g/mol. The molecule has 2 nitrogen and oxygen atoms in total. The van der Waals surface area contributed by atoms with Crippen LogP contribution in [0, 0.1) is 34.5 Å². The first kappa shape index (κ1) is 16.3. The molecule has 3 aliphatic rings. The van der Waals surface area contributed by atoms with Crippen molar-refractivity contribution in [3.05, 3.63) is 0 Å². The molecule has 1 spiro atoms. The van der Waals surface area contributed by atoms with Crippen LogP contribution in [0.4, 0.5) is 0 Å². The summed E-state index contributed by atoms with van der Waals surface area (Å²) in [7, 11) is 0. The average molecular weight is 306 g/mol. The predicted molar refractivity (Wildman–Crippen MR) is 89.4 cm³/mol. The standard InChI is InChI=1S/C20H34O2/c1-7-18(4,5)17(21)22-19(6)10-11-20-12-16(19)14(3)15(20)9-8-13(20)2/h13-16H,7-12H2,1-6H3. The van der Waals surface area contributed by atoms with Crippen molar-refractivity contribution in [3.8, 4) is 0 Å². The van der Waals surface area contributed by atoms with E-state index in [9.17, 15) is 4.79 Å². The normalized spacial score (nSPS) is 47.4. The number of carbonyl (C=O) groups is 1. The van der Waals surface area contributed by atoms with E-state index in [4.69, 9.17) is 4.74 Å². The molecule has 0 aromatic heterocycles. The van der Waals surface area contributed by atoms with Gasteiger partial charge in [-0.1, -0.05) is 20.8 Å². The van der Waals surface area contributed by atoms with E-state index in [1.807, 2.05) is 13.8 Å². The maximum Gasteiger partial charge on any atom is 0.312 e. The van der Waals surface area contributed by atoms with Gasteiger partial charge in [0.2, 0.25) is 0 Å². The molecule has 0 saturated heterocycles. The van der Waals surface area contributed by atoms with E-state index >= 15 is 0 Å². The minimum Gasteiger partial charge on any atom is -0.459 e. The molecule has 6 unspecified atom stereocenters. The molecule has 6 atom stereocenters. The maximum atomic E-state index is 12.6. The summed E-state index contributed by atoms with van der Waals surface area (Å²) in [5.41, 5.74) is -0.0301. The highest BCUT2D eigenvalue weighted by molar-refractivity contribution is 5.76. The molecule has 3 saturated carbocycles. The lowest BCUT2D eigenvalue weighted by molar-refractivity contribution is -0.181. The van der Waals surface area contributed by atoms with Crippen LogP contribution in [-0.4, -0.2) is 11.6 Å². The second-order valence-electron chi connectivity index (χ2n) is 9.43. The minimum absolute atomic E-state index is 0.00533. The summed E-state index contributed by atoms with van der Waals surface area (Å²) in [5.74, 6) is 3.00. The average Bonchev–Trinajstić information content (AvgIpc) is 2.91. The summed E-state index contributed by atoms with van der Waals surface area (Å²) in [5, 5.41) is 0. The smallest absolute Gasteiger partial charge is 0.312 e. The summed E-state index contributed by atoms with van der Waals surface area (Å²) in [6.07, 6.45) is 7.25. The highest BCUT2D eigenvalue weighted by Crippen LogP contribution is 2.69. The number of ether oxygens (including phenoxy) is 1. The molecule has 0 N–H and O–H groups in total. The number of carbonyl (C=O) groups excluding carboxylic acids is 1. The Morgan fingerprint density at radius 1 is 1.18 bits per heavy atom. The van der Waals surface area contributed by atoms with Crippen molar-refractivity contribution in [1.29, 1.82) is 0 Å². The van der Waals surface area contributed by atoms with Gasteiger partial charge in [-0.25, -0.2) is 0 Å². The summed E-state index contributed by atoms with van der Waals surface area (Å²) in [6.45, 7) is 13.2. The third-order valence-electron chi connectivity index (χ3n) is 8.13. The van der Waals surface area contributed by atoms with Crippen molar-refractivity contribution < 1.29 is 9.53 Å². The summed E-state index contributed by atoms with van der Waals surface area (Å²) < 4.78 is 6.19. The largest absolute Gasteiger partial charge is 0.459 e. The van der Waals surface area contributed by atoms with Crippen molar-refractivity contribution in [2.24, 2.45) is 34.5 Å². The van der Waals surface area contributed by atoms with E-state index in [0.29, 0.717) is 17.3 Å². The second kappa shape index (κ2) is 4.98. The predicted octanol–water partition coefficient (Wildman–Crippen LogP) is 5.21. The van der Waals surface area contributed by atoms with E-state index in [0.717, 1.165) is 24.7 Å². The summed E-state index contributed by atoms with van der Waals surface area (Å²) in [4.78, 5) is 12.6. The molecule has 2 bridgehead atoms. The van der Waals surface area contributed by atoms with Crippen LogP contribution in [0.3, 0.4) is 0 Å². The first-order valence-electron chi connectivity index (χ1n) is 9.40. The molecule has 2 heteroatoms. The number of esters is 1. The minimum atomic E-state index is -0.358. The van der Waals surface area contributed by atoms with Gasteiger partial charge in [-0.2, -0.15) is 0 Å². The molecule has 0 aromatic carbocycles. The van der Waals surface area contributed by atoms with E-state index in [1.54, 1.807) is 0 Å². The van der Waals surface area contributed by atoms with E-state index in [-0.39, 0.29) is 17.0 Å². The number of hydrogen-bond donors (Lipinski definition) is 0. The molecule has 0 radical (unpaired) electrons. The van der Waals surface area contributed by atoms with Crippen LogP contribution < -0.4 is 0 Å². The molecule has 0 aromatic rings. The lowest BCUT2D eigenvalue weighted by Gasteiger charge is -2.46. The Balaban J connectivity index is 1.82. The molecule has 0 amide bonds. The van der Waals surface area contributed by atoms with Crippen LogP contribution in [-0.2, 0) is 9.53 Å². The van der Waals surface area contributed by atoms with Gasteiger partial charge in [0.05, 0.1) is 5.41 Å². The van der Waals surface area contributed by atoms with Crippen LogP contribution >= 0.6 is 0 Å². The maximum absolute atomic E-state index is 12.6. The molecule has 22 heavy (non-hydrogen) atoms. The van der Waals surface area contributed by atoms with Gasteiger partial charge in [0.25, 0.3) is 0 Å². The Morgan fingerprint density at radius 3 is 2.50 bits per heavy atom. The van der Waals surface area contributed by atoms with Gasteiger partial charge in [0.1, 0.15) is 5.60 Å². The molecule has 126 valence electrons. The van der Waals surface area contributed by atoms with E-state index in [2.05, 4.69) is 27.7 Å². The van der Waals surface area contributed by atoms with Crippen molar-refractivity contribution in [2.45, 2.75) is 85.7 Å². The SMILES string of the molecule is CCC(C)(C)C(=O)OC1(C)CCC23CC1C(C)C2CCC3C. The summed E-state index contributed by atoms with van der Waals surface area (Å²) >= 11 is 0. The van der Waals surface area contributed by atoms with Gasteiger partial charge in [0, 0.05) is 5.92 Å². The molecule has 0 heterocycles. The molecular weight excluding hydrogens is 272 g/mol. The first-order valence-corrected chi connectivity index (χ1v) is 9.40. The fraction of sp³-hybridized carbons (Fsp3) is 0.950. The zero-order valence-electron chi connectivity index (χ0n) is 15.4. The fourth-order valence-electron chi connectivity index (χ4n) is 5.98. The summed E-state index contributed by atoms with van der Waals surface area (Å²) in [6, 6.07) is 0. The van der Waals surface area contributed by atoms with Crippen LogP contribution in [0.15, 0.2) is 0 Å². The quantitative estimate of drug-likeness (QED) is 0.669. The Labute approximate surface area is 136 Å². The highest BCUT2D eigenvalue weighted by Gasteiger charge is 2.64. The second-order valence-corrected chi connectivity index (χ2v) is 9.43. The van der Waals surface area contributed by atoms with Gasteiger partial charge in [-0.15, -0.1) is 0 Å². The Bertz CT molecular complexity index is 468. The fourth-order valence-corrected chi connectivity index (χ4v) is 5.98. The van der Waals surface area contributed by atoms with Gasteiger partial charge >= 0.3 is 5.97 Å². The van der Waals surface area contributed by atoms with Gasteiger partial charge in [-0.3, -0.25) is 4.79 Å². The van der Waals surface area contributed by atoms with E-state index in [1.165, 1.54) is 25.7 Å². The Hall–Kier alpha value is -0.530. The molecule has 0 aliphatic heterocycles. The van der Waals surface area contributed by atoms with Crippen molar-refractivity contribution in [3.63, 3.8) is 0 Å². The Kier molecular flexibility index (Phi) is 3.70. The molecule has 3 fully saturated rings. The molecule has 3 aliphatic carbocycles.